The summed E-state index contributed by atoms with van der Waals surface area (Å²) in [5.41, 5.74) is 7.52. The van der Waals surface area contributed by atoms with E-state index >= 15 is 0 Å². The molecule has 2 N–H and O–H groups in total. The van der Waals surface area contributed by atoms with Crippen LogP contribution < -0.4 is 16.3 Å². The van der Waals surface area contributed by atoms with Gasteiger partial charge in [0.05, 0.1) is 8.07 Å². The Bertz CT molecular complexity index is 746. The topological polar surface area (TPSA) is 26.0 Å². The second-order valence-electron chi connectivity index (χ2n) is 11.3. The summed E-state index contributed by atoms with van der Waals surface area (Å²) in [6.07, 6.45) is 11.5. The lowest BCUT2D eigenvalue weighted by Gasteiger charge is -2.32. The number of rotatable bonds is 8. The molecule has 2 aromatic carbocycles. The second-order valence-corrected chi connectivity index (χ2v) is 19.0. The number of hydrogen-bond acceptors (Lipinski definition) is 1. The van der Waals surface area contributed by atoms with Crippen molar-refractivity contribution in [1.29, 1.82) is 0 Å². The zero-order valence-electron chi connectivity index (χ0n) is 21.7. The smallest absolute Gasteiger partial charge is 0.0505 e. The Balaban J connectivity index is 0.000000218. The normalized spacial score (nSPS) is 21.4. The van der Waals surface area contributed by atoms with E-state index in [1.165, 1.54) is 57.4 Å². The molecule has 4 rings (SSSR count). The molecule has 0 radical (unpaired) electrons. The van der Waals surface area contributed by atoms with Crippen molar-refractivity contribution < 1.29 is 0 Å². The van der Waals surface area contributed by atoms with Gasteiger partial charge in [-0.2, -0.15) is 0 Å². The Kier molecular flexibility index (Phi) is 10.7. The monoisotopic (exact) mass is 481 g/mol. The van der Waals surface area contributed by atoms with Crippen molar-refractivity contribution >= 4 is 26.6 Å². The van der Waals surface area contributed by atoms with E-state index < -0.39 is 8.07 Å². The van der Waals surface area contributed by atoms with Crippen molar-refractivity contribution in [3.8, 4) is 0 Å². The van der Waals surface area contributed by atoms with Crippen LogP contribution >= 0.6 is 7.92 Å². The molecule has 0 bridgehead atoms. The Hall–Kier alpha value is -0.953. The van der Waals surface area contributed by atoms with Crippen LogP contribution in [0.1, 0.15) is 65.2 Å². The molecule has 3 heteroatoms. The maximum atomic E-state index is 5.56. The molecule has 0 saturated heterocycles. The van der Waals surface area contributed by atoms with E-state index in [0.717, 1.165) is 29.6 Å². The average molecular weight is 482 g/mol. The third-order valence-corrected chi connectivity index (χ3v) is 15.7. The van der Waals surface area contributed by atoms with E-state index in [1.807, 2.05) is 0 Å². The first-order valence-corrected chi connectivity index (χ1v) is 18.2. The van der Waals surface area contributed by atoms with Gasteiger partial charge in [0.2, 0.25) is 0 Å². The summed E-state index contributed by atoms with van der Waals surface area (Å²) in [4.78, 5) is 0. The van der Waals surface area contributed by atoms with Gasteiger partial charge in [-0.1, -0.05) is 126 Å². The van der Waals surface area contributed by atoms with Gasteiger partial charge >= 0.3 is 0 Å². The van der Waals surface area contributed by atoms with Gasteiger partial charge in [0.15, 0.2) is 0 Å². The van der Waals surface area contributed by atoms with Gasteiger partial charge in [-0.15, -0.1) is 0 Å². The minimum Gasteiger partial charge on any atom is -0.330 e. The molecule has 0 amide bonds. The fourth-order valence-corrected chi connectivity index (χ4v) is 13.1. The Labute approximate surface area is 206 Å². The summed E-state index contributed by atoms with van der Waals surface area (Å²) in [5, 5.41) is 3.10. The second kappa shape index (κ2) is 13.2. The molecule has 2 saturated carbocycles. The zero-order valence-corrected chi connectivity index (χ0v) is 23.6. The van der Waals surface area contributed by atoms with Crippen LogP contribution in [0.2, 0.25) is 24.7 Å². The van der Waals surface area contributed by atoms with Crippen molar-refractivity contribution in [2.75, 3.05) is 6.54 Å². The van der Waals surface area contributed by atoms with E-state index in [0.29, 0.717) is 0 Å². The summed E-state index contributed by atoms with van der Waals surface area (Å²) in [6, 6.07) is 23.9. The minimum absolute atomic E-state index is 0.224. The Morgan fingerprint density at radius 2 is 1.36 bits per heavy atom. The SMILES string of the molecule is CC(C)C1CCCC1P(c1ccccc1)c1ccccc1.C[Si](C)(CCCN)C1CCCC1. The predicted octanol–water partition coefficient (Wildman–Crippen LogP) is 7.93. The fraction of sp³-hybridized carbons (Fsp3) is 0.600. The third-order valence-electron chi connectivity index (χ3n) is 8.27. The molecule has 0 heterocycles. The maximum absolute atomic E-state index is 5.56. The molecule has 2 aliphatic carbocycles. The van der Waals surface area contributed by atoms with E-state index in [2.05, 4.69) is 87.6 Å². The van der Waals surface area contributed by atoms with Gasteiger partial charge in [0, 0.05) is 0 Å². The van der Waals surface area contributed by atoms with Crippen LogP contribution in [-0.4, -0.2) is 20.3 Å². The predicted molar refractivity (Wildman–Crippen MR) is 153 cm³/mol. The lowest BCUT2D eigenvalue weighted by molar-refractivity contribution is 0.402. The Morgan fingerprint density at radius 1 is 0.818 bits per heavy atom. The molecule has 0 spiro atoms. The molecule has 2 unspecified atom stereocenters. The molecule has 2 atom stereocenters. The van der Waals surface area contributed by atoms with Crippen molar-refractivity contribution in [1.82, 2.24) is 0 Å². The summed E-state index contributed by atoms with van der Waals surface area (Å²) in [6.45, 7) is 10.8. The van der Waals surface area contributed by atoms with E-state index in [1.54, 1.807) is 10.6 Å². The van der Waals surface area contributed by atoms with E-state index in [-0.39, 0.29) is 7.92 Å². The quantitative estimate of drug-likeness (QED) is 0.301. The summed E-state index contributed by atoms with van der Waals surface area (Å²) in [5.74, 6) is 1.69. The number of nitrogens with two attached hydrogens (primary N) is 1. The number of benzene rings is 2. The molecule has 182 valence electrons. The molecule has 2 fully saturated rings. The van der Waals surface area contributed by atoms with Crippen LogP contribution in [0.5, 0.6) is 0 Å². The lowest BCUT2D eigenvalue weighted by atomic mass is 9.94. The maximum Gasteiger partial charge on any atom is 0.0505 e. The highest BCUT2D eigenvalue weighted by atomic mass is 31.1. The van der Waals surface area contributed by atoms with Crippen LogP contribution in [0.3, 0.4) is 0 Å². The summed E-state index contributed by atoms with van der Waals surface area (Å²) >= 11 is 0. The van der Waals surface area contributed by atoms with Crippen molar-refractivity contribution in [3.63, 3.8) is 0 Å². The molecule has 2 aliphatic rings. The fourth-order valence-electron chi connectivity index (χ4n) is 6.25. The van der Waals surface area contributed by atoms with Crippen LogP contribution in [-0.2, 0) is 0 Å². The lowest BCUT2D eigenvalue weighted by Crippen LogP contribution is -2.31. The minimum atomic E-state index is -0.871. The van der Waals surface area contributed by atoms with Crippen molar-refractivity contribution in [2.45, 2.75) is 95.6 Å². The molecule has 33 heavy (non-hydrogen) atoms. The number of hydrogen-bond donors (Lipinski definition) is 1. The van der Waals surface area contributed by atoms with Crippen LogP contribution in [0.4, 0.5) is 0 Å². The first-order valence-electron chi connectivity index (χ1n) is 13.5. The molecule has 1 nitrogen and oxygen atoms in total. The van der Waals surface area contributed by atoms with Crippen molar-refractivity contribution in [2.24, 2.45) is 17.6 Å². The van der Waals surface area contributed by atoms with Gasteiger partial charge < -0.3 is 5.73 Å². The van der Waals surface area contributed by atoms with Crippen LogP contribution in [0.25, 0.3) is 0 Å². The first-order chi connectivity index (χ1) is 15.9. The highest BCUT2D eigenvalue weighted by Crippen LogP contribution is 2.52. The van der Waals surface area contributed by atoms with Crippen molar-refractivity contribution in [3.05, 3.63) is 60.7 Å². The van der Waals surface area contributed by atoms with Gasteiger partial charge in [0.1, 0.15) is 0 Å². The zero-order chi connectivity index (χ0) is 23.7. The van der Waals surface area contributed by atoms with Crippen LogP contribution in [0, 0.1) is 11.8 Å². The van der Waals surface area contributed by atoms with E-state index in [9.17, 15) is 0 Å². The highest BCUT2D eigenvalue weighted by molar-refractivity contribution is 7.73. The molecule has 0 aliphatic heterocycles. The molecular formula is C30H48NPSi. The average Bonchev–Trinajstić information content (AvgIpc) is 3.53. The standard InChI is InChI=1S/C20H25P.C10H23NSi/c1-16(2)19-14-9-15-20(19)21(17-10-5-3-6-11-17)18-12-7-4-8-13-18;1-12(2,9-5-8-11)10-6-3-4-7-10/h3-8,10-13,16,19-20H,9,14-15H2,1-2H3;10H,3-9,11H2,1-2H3. The van der Waals surface area contributed by atoms with Gasteiger partial charge in [0.25, 0.3) is 0 Å². The Morgan fingerprint density at radius 3 is 1.85 bits per heavy atom. The molecule has 2 aromatic rings. The van der Waals surface area contributed by atoms with Gasteiger partial charge in [-0.25, -0.2) is 0 Å². The highest BCUT2D eigenvalue weighted by Gasteiger charge is 2.36. The molecule has 0 aromatic heterocycles. The third kappa shape index (κ3) is 7.51. The van der Waals surface area contributed by atoms with E-state index in [4.69, 9.17) is 5.73 Å². The summed E-state index contributed by atoms with van der Waals surface area (Å²) < 4.78 is 0. The largest absolute Gasteiger partial charge is 0.330 e. The summed E-state index contributed by atoms with van der Waals surface area (Å²) in [7, 11) is -1.09. The van der Waals surface area contributed by atoms with Gasteiger partial charge in [-0.3, -0.25) is 0 Å². The molecular weight excluding hydrogens is 433 g/mol. The van der Waals surface area contributed by atoms with Gasteiger partial charge in [-0.05, 0) is 67.4 Å². The first kappa shape index (κ1) is 26.6. The van der Waals surface area contributed by atoms with Crippen LogP contribution in [0.15, 0.2) is 60.7 Å².